The lowest BCUT2D eigenvalue weighted by molar-refractivity contribution is -0.132. The highest BCUT2D eigenvalue weighted by atomic mass is 16.6. The van der Waals surface area contributed by atoms with E-state index in [0.29, 0.717) is 13.0 Å². The molecule has 0 radical (unpaired) electrons. The zero-order valence-electron chi connectivity index (χ0n) is 14.5. The summed E-state index contributed by atoms with van der Waals surface area (Å²) in [6.07, 6.45) is -0.334. The van der Waals surface area contributed by atoms with Crippen molar-refractivity contribution in [1.82, 2.24) is 10.2 Å². The Balaban J connectivity index is 1.88. The predicted molar refractivity (Wildman–Crippen MR) is 90.4 cm³/mol. The molecule has 0 aromatic heterocycles. The van der Waals surface area contributed by atoms with E-state index in [1.807, 2.05) is 30.3 Å². The quantitative estimate of drug-likeness (QED) is 0.885. The molecule has 1 aliphatic rings. The van der Waals surface area contributed by atoms with Crippen molar-refractivity contribution in [3.8, 4) is 0 Å². The molecule has 0 aliphatic carbocycles. The van der Waals surface area contributed by atoms with Crippen LogP contribution in [0.1, 0.15) is 45.2 Å². The number of nitrogens with one attached hydrogen (secondary N) is 1. The second-order valence-corrected chi connectivity index (χ2v) is 7.04. The lowest BCUT2D eigenvalue weighted by atomic mass is 10.0. The van der Waals surface area contributed by atoms with Crippen LogP contribution in [0.3, 0.4) is 0 Å². The maximum absolute atomic E-state index is 12.5. The van der Waals surface area contributed by atoms with Crippen LogP contribution in [-0.4, -0.2) is 46.8 Å². The Morgan fingerprint density at radius 3 is 2.58 bits per heavy atom. The second kappa shape index (κ2) is 7.66. The molecule has 2 unspecified atom stereocenters. The SMILES string of the molecule is CC(C)(C)OC(=O)NCCC(=O)N1CC(O)CC1c1ccccc1. The summed E-state index contributed by atoms with van der Waals surface area (Å²) in [5.74, 6) is -0.0866. The van der Waals surface area contributed by atoms with Gasteiger partial charge in [0.05, 0.1) is 12.1 Å². The van der Waals surface area contributed by atoms with Crippen LogP contribution in [0.2, 0.25) is 0 Å². The van der Waals surface area contributed by atoms with Crippen molar-refractivity contribution in [1.29, 1.82) is 0 Å². The Hall–Kier alpha value is -2.08. The third-order valence-electron chi connectivity index (χ3n) is 3.79. The number of ether oxygens (including phenoxy) is 1. The van der Waals surface area contributed by atoms with Crippen molar-refractivity contribution < 1.29 is 19.4 Å². The summed E-state index contributed by atoms with van der Waals surface area (Å²) >= 11 is 0. The van der Waals surface area contributed by atoms with Crippen molar-refractivity contribution >= 4 is 12.0 Å². The Kier molecular flexibility index (Phi) is 5.83. The van der Waals surface area contributed by atoms with E-state index < -0.39 is 17.8 Å². The van der Waals surface area contributed by atoms with Gasteiger partial charge in [-0.05, 0) is 32.8 Å². The van der Waals surface area contributed by atoms with Crippen molar-refractivity contribution in [3.05, 3.63) is 35.9 Å². The van der Waals surface area contributed by atoms with Gasteiger partial charge >= 0.3 is 6.09 Å². The minimum atomic E-state index is -0.564. The van der Waals surface area contributed by atoms with Gasteiger partial charge in [0, 0.05) is 19.5 Å². The van der Waals surface area contributed by atoms with Crippen molar-refractivity contribution in [2.75, 3.05) is 13.1 Å². The van der Waals surface area contributed by atoms with E-state index >= 15 is 0 Å². The predicted octanol–water partition coefficient (Wildman–Crippen LogP) is 2.24. The third-order valence-corrected chi connectivity index (χ3v) is 3.79. The molecule has 1 heterocycles. The van der Waals surface area contributed by atoms with E-state index in [1.54, 1.807) is 25.7 Å². The molecule has 2 atom stereocenters. The molecule has 2 N–H and O–H groups in total. The fourth-order valence-corrected chi connectivity index (χ4v) is 2.81. The molecule has 0 spiro atoms. The number of alkyl carbamates (subject to hydrolysis) is 1. The van der Waals surface area contributed by atoms with Crippen LogP contribution in [0, 0.1) is 0 Å². The molecule has 6 heteroatoms. The van der Waals surface area contributed by atoms with E-state index in [9.17, 15) is 14.7 Å². The Bertz CT molecular complexity index is 568. The van der Waals surface area contributed by atoms with Crippen molar-refractivity contribution in [3.63, 3.8) is 0 Å². The minimum absolute atomic E-state index is 0.0866. The fourth-order valence-electron chi connectivity index (χ4n) is 2.81. The fraction of sp³-hybridized carbons (Fsp3) is 0.556. The molecule has 0 bridgehead atoms. The molecule has 2 rings (SSSR count). The molecule has 1 aliphatic heterocycles. The maximum Gasteiger partial charge on any atom is 0.407 e. The van der Waals surface area contributed by atoms with Gasteiger partial charge in [0.2, 0.25) is 5.91 Å². The summed E-state index contributed by atoms with van der Waals surface area (Å²) in [5, 5.41) is 12.5. The molecule has 2 amide bonds. The van der Waals surface area contributed by atoms with Crippen LogP contribution in [0.4, 0.5) is 4.79 Å². The number of β-amino-alcohol motifs (C(OH)–C–C–N with tert-alkyl or cyclic N) is 1. The molecule has 0 saturated carbocycles. The lowest BCUT2D eigenvalue weighted by Gasteiger charge is -2.25. The van der Waals surface area contributed by atoms with Gasteiger partial charge in [-0.2, -0.15) is 0 Å². The summed E-state index contributed by atoms with van der Waals surface area (Å²) in [5.41, 5.74) is 0.452. The Morgan fingerprint density at radius 2 is 1.96 bits per heavy atom. The lowest BCUT2D eigenvalue weighted by Crippen LogP contribution is -2.37. The molecular formula is C18H26N2O4. The van der Waals surface area contributed by atoms with Gasteiger partial charge in [-0.25, -0.2) is 4.79 Å². The average Bonchev–Trinajstić information content (AvgIpc) is 2.88. The number of carbonyl (C=O) groups excluding carboxylic acids is 2. The topological polar surface area (TPSA) is 78.9 Å². The summed E-state index contributed by atoms with van der Waals surface area (Å²) in [4.78, 5) is 25.8. The molecule has 1 fully saturated rings. The van der Waals surface area contributed by atoms with Crippen molar-refractivity contribution in [2.24, 2.45) is 0 Å². The van der Waals surface area contributed by atoms with E-state index in [0.717, 1.165) is 5.56 Å². The smallest absolute Gasteiger partial charge is 0.407 e. The van der Waals surface area contributed by atoms with Gasteiger partial charge in [0.25, 0.3) is 0 Å². The molecule has 6 nitrogen and oxygen atoms in total. The van der Waals surface area contributed by atoms with Crippen molar-refractivity contribution in [2.45, 2.75) is 51.4 Å². The van der Waals surface area contributed by atoms with Crippen LogP contribution in [0.25, 0.3) is 0 Å². The molecule has 1 aromatic rings. The summed E-state index contributed by atoms with van der Waals surface area (Å²) in [6, 6.07) is 9.57. The maximum atomic E-state index is 12.5. The van der Waals surface area contributed by atoms with Gasteiger partial charge < -0.3 is 20.1 Å². The third kappa shape index (κ3) is 5.23. The first-order chi connectivity index (χ1) is 11.3. The highest BCUT2D eigenvalue weighted by molar-refractivity contribution is 5.78. The second-order valence-electron chi connectivity index (χ2n) is 7.04. The minimum Gasteiger partial charge on any atom is -0.444 e. The Labute approximate surface area is 142 Å². The van der Waals surface area contributed by atoms with Gasteiger partial charge in [-0.15, -0.1) is 0 Å². The summed E-state index contributed by atoms with van der Waals surface area (Å²) < 4.78 is 5.14. The number of hydrogen-bond donors (Lipinski definition) is 2. The first-order valence-electron chi connectivity index (χ1n) is 8.25. The number of amides is 2. The molecule has 132 valence electrons. The number of hydrogen-bond acceptors (Lipinski definition) is 4. The number of rotatable bonds is 4. The van der Waals surface area contributed by atoms with Gasteiger partial charge in [-0.3, -0.25) is 4.79 Å². The zero-order chi connectivity index (χ0) is 17.7. The molecule has 1 saturated heterocycles. The van der Waals surface area contributed by atoms with Crippen LogP contribution in [-0.2, 0) is 9.53 Å². The normalized spacial score (nSPS) is 20.8. The number of aliphatic hydroxyl groups excluding tert-OH is 1. The molecule has 24 heavy (non-hydrogen) atoms. The number of likely N-dealkylation sites (tertiary alicyclic amines) is 1. The standard InChI is InChI=1S/C18H26N2O4/c1-18(2,3)24-17(23)19-10-9-16(22)20-12-14(21)11-15(20)13-7-5-4-6-8-13/h4-8,14-15,21H,9-12H2,1-3H3,(H,19,23). The number of carbonyl (C=O) groups is 2. The molecular weight excluding hydrogens is 308 g/mol. The average molecular weight is 334 g/mol. The first-order valence-corrected chi connectivity index (χ1v) is 8.25. The van der Waals surface area contributed by atoms with E-state index in [1.165, 1.54) is 0 Å². The Morgan fingerprint density at radius 1 is 1.29 bits per heavy atom. The van der Waals surface area contributed by atoms with Gasteiger partial charge in [0.15, 0.2) is 0 Å². The largest absolute Gasteiger partial charge is 0.444 e. The van der Waals surface area contributed by atoms with Gasteiger partial charge in [0.1, 0.15) is 5.60 Å². The number of benzene rings is 1. The van der Waals surface area contributed by atoms with Crippen LogP contribution < -0.4 is 5.32 Å². The first kappa shape index (κ1) is 18.3. The molecule has 1 aromatic carbocycles. The van der Waals surface area contributed by atoms with E-state index in [4.69, 9.17) is 4.74 Å². The zero-order valence-corrected chi connectivity index (χ0v) is 14.5. The van der Waals surface area contributed by atoms with Crippen LogP contribution >= 0.6 is 0 Å². The van der Waals surface area contributed by atoms with E-state index in [-0.39, 0.29) is 24.9 Å². The monoisotopic (exact) mass is 334 g/mol. The van der Waals surface area contributed by atoms with E-state index in [2.05, 4.69) is 5.32 Å². The summed E-state index contributed by atoms with van der Waals surface area (Å²) in [7, 11) is 0. The highest BCUT2D eigenvalue weighted by Gasteiger charge is 2.34. The highest BCUT2D eigenvalue weighted by Crippen LogP contribution is 2.32. The van der Waals surface area contributed by atoms with Crippen LogP contribution in [0.5, 0.6) is 0 Å². The van der Waals surface area contributed by atoms with Crippen LogP contribution in [0.15, 0.2) is 30.3 Å². The number of nitrogens with zero attached hydrogens (tertiary/aromatic N) is 1. The van der Waals surface area contributed by atoms with Gasteiger partial charge in [-0.1, -0.05) is 30.3 Å². The summed E-state index contributed by atoms with van der Waals surface area (Å²) in [6.45, 7) is 5.89. The number of aliphatic hydroxyl groups is 1.